The van der Waals surface area contributed by atoms with Crippen molar-refractivity contribution in [2.45, 2.75) is 19.8 Å². The van der Waals surface area contributed by atoms with Gasteiger partial charge in [0, 0.05) is 39.6 Å². The largest absolute Gasteiger partial charge is 0.541 e. The van der Waals surface area contributed by atoms with E-state index in [1.807, 2.05) is 0 Å². The van der Waals surface area contributed by atoms with Crippen LogP contribution in [0, 0.1) is 13.3 Å². The molecule has 0 saturated heterocycles. The van der Waals surface area contributed by atoms with E-state index >= 15 is 0 Å². The van der Waals surface area contributed by atoms with Crippen molar-refractivity contribution in [3.05, 3.63) is 18.0 Å². The average Bonchev–Trinajstić information content (AvgIpc) is 2.61. The second kappa shape index (κ2) is 7.21. The van der Waals surface area contributed by atoms with Crippen molar-refractivity contribution in [1.29, 1.82) is 0 Å². The molecule has 0 saturated carbocycles. The van der Waals surface area contributed by atoms with Crippen molar-refractivity contribution in [1.82, 2.24) is 4.98 Å². The zero-order valence-corrected chi connectivity index (χ0v) is 13.8. The number of thiazole rings is 1. The SMILES string of the molecule is CC(=O)Nc1nc2c(s1)C(=O)C([C-]=O)CC2.[CH3-].[Y]. The third-order valence-electron chi connectivity index (χ3n) is 2.33. The van der Waals surface area contributed by atoms with E-state index in [0.29, 0.717) is 28.5 Å². The maximum Gasteiger partial charge on any atom is 0.223 e. The van der Waals surface area contributed by atoms with E-state index in [-0.39, 0.29) is 51.8 Å². The van der Waals surface area contributed by atoms with Crippen molar-refractivity contribution in [3.63, 3.8) is 0 Å². The number of rotatable bonds is 2. The van der Waals surface area contributed by atoms with Crippen molar-refractivity contribution in [2.24, 2.45) is 5.92 Å². The smallest absolute Gasteiger partial charge is 0.223 e. The van der Waals surface area contributed by atoms with Gasteiger partial charge in [0.05, 0.1) is 10.6 Å². The van der Waals surface area contributed by atoms with Gasteiger partial charge in [0.25, 0.3) is 0 Å². The Balaban J connectivity index is 0.00000144. The zero-order chi connectivity index (χ0) is 11.7. The van der Waals surface area contributed by atoms with Crippen molar-refractivity contribution in [2.75, 3.05) is 5.32 Å². The summed E-state index contributed by atoms with van der Waals surface area (Å²) < 4.78 is 0. The number of ketones is 1. The summed E-state index contributed by atoms with van der Waals surface area (Å²) in [7, 11) is 0. The molecule has 1 heterocycles. The van der Waals surface area contributed by atoms with Crippen LogP contribution in [0.15, 0.2) is 0 Å². The molecular weight excluding hydrogens is 329 g/mol. The van der Waals surface area contributed by atoms with E-state index < -0.39 is 5.92 Å². The molecule has 95 valence electrons. The summed E-state index contributed by atoms with van der Waals surface area (Å²) in [5.74, 6) is -1.12. The molecule has 1 atom stereocenters. The van der Waals surface area contributed by atoms with Gasteiger partial charge in [-0.2, -0.15) is 0 Å². The molecule has 1 aliphatic rings. The van der Waals surface area contributed by atoms with Crippen LogP contribution in [-0.4, -0.2) is 23.0 Å². The van der Waals surface area contributed by atoms with Gasteiger partial charge >= 0.3 is 0 Å². The van der Waals surface area contributed by atoms with Crippen LogP contribution < -0.4 is 5.32 Å². The molecule has 1 N–H and O–H groups in total. The van der Waals surface area contributed by atoms with Crippen LogP contribution in [0.1, 0.15) is 28.7 Å². The Morgan fingerprint density at radius 1 is 1.56 bits per heavy atom. The Labute approximate surface area is 135 Å². The normalized spacial score (nSPS) is 16.9. The van der Waals surface area contributed by atoms with Crippen molar-refractivity contribution in [3.8, 4) is 0 Å². The van der Waals surface area contributed by atoms with Crippen LogP contribution in [0.25, 0.3) is 0 Å². The molecule has 0 spiro atoms. The third-order valence-corrected chi connectivity index (χ3v) is 3.36. The summed E-state index contributed by atoms with van der Waals surface area (Å²) in [6.07, 6.45) is 2.77. The standard InChI is InChI=1S/C10H9N2O3S.CH3.Y/c1-5(14)11-10-12-7-3-2-6(4-13)8(15)9(7)16-10;;/h6H,2-3H2,1H3,(H,11,12,14);1H3;/q2*-1;. The molecule has 1 aromatic heterocycles. The average molecular weight is 341 g/mol. The molecule has 0 aliphatic heterocycles. The number of aryl methyl sites for hydroxylation is 1. The fraction of sp³-hybridized carbons (Fsp3) is 0.364. The molecule has 0 fully saturated rings. The molecule has 1 radical (unpaired) electrons. The number of aromatic nitrogens is 1. The number of Topliss-reactive ketones (excluding diaryl/α,β-unsaturated/α-hetero) is 1. The minimum atomic E-state index is -0.668. The fourth-order valence-electron chi connectivity index (χ4n) is 1.60. The predicted molar refractivity (Wildman–Crippen MR) is 64.7 cm³/mol. The third kappa shape index (κ3) is 3.52. The number of amides is 1. The van der Waals surface area contributed by atoms with Crippen LogP contribution in [0.3, 0.4) is 0 Å². The number of carbonyl (C=O) groups is 2. The molecule has 2 rings (SSSR count). The van der Waals surface area contributed by atoms with E-state index in [4.69, 9.17) is 0 Å². The van der Waals surface area contributed by atoms with E-state index in [1.54, 1.807) is 6.29 Å². The topological polar surface area (TPSA) is 76.1 Å². The summed E-state index contributed by atoms with van der Waals surface area (Å²) >= 11 is 1.12. The summed E-state index contributed by atoms with van der Waals surface area (Å²) in [5, 5.41) is 2.95. The van der Waals surface area contributed by atoms with E-state index in [9.17, 15) is 14.4 Å². The van der Waals surface area contributed by atoms with Gasteiger partial charge in [-0.15, -0.1) is 0 Å². The molecule has 1 unspecified atom stereocenters. The Hall–Kier alpha value is -0.456. The molecule has 0 bridgehead atoms. The Kier molecular flexibility index (Phi) is 7.03. The fourth-order valence-corrected chi connectivity index (χ4v) is 2.65. The first-order valence-electron chi connectivity index (χ1n) is 4.81. The molecular formula is C11H12N2O3SY-2. The van der Waals surface area contributed by atoms with Crippen LogP contribution in [0.2, 0.25) is 0 Å². The van der Waals surface area contributed by atoms with Crippen molar-refractivity contribution < 1.29 is 47.1 Å². The first kappa shape index (κ1) is 17.5. The van der Waals surface area contributed by atoms with Gasteiger partial charge in [-0.1, -0.05) is 23.7 Å². The number of carbonyl (C=O) groups excluding carboxylic acids is 3. The Morgan fingerprint density at radius 3 is 2.78 bits per heavy atom. The van der Waals surface area contributed by atoms with Gasteiger partial charge in [-0.3, -0.25) is 15.9 Å². The molecule has 5 nitrogen and oxygen atoms in total. The molecule has 1 aromatic rings. The minimum Gasteiger partial charge on any atom is -0.541 e. The van der Waals surface area contributed by atoms with Gasteiger partial charge in [0.2, 0.25) is 5.91 Å². The number of nitrogens with zero attached hydrogens (tertiary/aromatic N) is 1. The summed E-state index contributed by atoms with van der Waals surface area (Å²) in [4.78, 5) is 37.7. The molecule has 0 aromatic carbocycles. The number of hydrogen-bond donors (Lipinski definition) is 1. The second-order valence-electron chi connectivity index (χ2n) is 3.55. The number of anilines is 1. The van der Waals surface area contributed by atoms with Gasteiger partial charge < -0.3 is 17.5 Å². The monoisotopic (exact) mass is 341 g/mol. The van der Waals surface area contributed by atoms with Crippen LogP contribution in [0.5, 0.6) is 0 Å². The summed E-state index contributed by atoms with van der Waals surface area (Å²) in [6.45, 7) is 1.38. The Bertz CT molecular complexity index is 473. The van der Waals surface area contributed by atoms with E-state index in [1.165, 1.54) is 6.92 Å². The molecule has 1 amide bonds. The van der Waals surface area contributed by atoms with Gasteiger partial charge in [0.1, 0.15) is 0 Å². The quantitative estimate of drug-likeness (QED) is 0.652. The van der Waals surface area contributed by atoms with Gasteiger partial charge in [-0.25, -0.2) is 4.98 Å². The second-order valence-corrected chi connectivity index (χ2v) is 4.55. The Morgan fingerprint density at radius 2 is 2.22 bits per heavy atom. The van der Waals surface area contributed by atoms with Gasteiger partial charge in [-0.05, 0) is 6.42 Å². The van der Waals surface area contributed by atoms with Crippen molar-refractivity contribution >= 4 is 34.4 Å². The van der Waals surface area contributed by atoms with Crippen LogP contribution >= 0.6 is 11.3 Å². The summed E-state index contributed by atoms with van der Waals surface area (Å²) in [5.41, 5.74) is 0.672. The van der Waals surface area contributed by atoms with E-state index in [2.05, 4.69) is 10.3 Å². The van der Waals surface area contributed by atoms with E-state index in [0.717, 1.165) is 11.3 Å². The molecule has 1 aliphatic carbocycles. The number of fused-ring (bicyclic) bond motifs is 1. The molecule has 7 heteroatoms. The van der Waals surface area contributed by atoms with Crippen LogP contribution in [0.4, 0.5) is 5.13 Å². The molecule has 18 heavy (non-hydrogen) atoms. The minimum absolute atomic E-state index is 0. The maximum atomic E-state index is 11.7. The van der Waals surface area contributed by atoms with Gasteiger partial charge in [0.15, 0.2) is 10.9 Å². The maximum absolute atomic E-state index is 11.7. The number of nitrogens with one attached hydrogen (secondary N) is 1. The predicted octanol–water partition coefficient (Wildman–Crippen LogP) is 1.40. The summed E-state index contributed by atoms with van der Waals surface area (Å²) in [6, 6.07) is 0. The first-order valence-corrected chi connectivity index (χ1v) is 5.62. The number of hydrogen-bond acceptors (Lipinski definition) is 5. The first-order chi connectivity index (χ1) is 7.61. The zero-order valence-electron chi connectivity index (χ0n) is 10.1. The van der Waals surface area contributed by atoms with Crippen LogP contribution in [-0.2, 0) is 48.7 Å².